The molecule has 0 bridgehead atoms. The van der Waals surface area contributed by atoms with E-state index in [1.807, 2.05) is 0 Å². The van der Waals surface area contributed by atoms with Crippen LogP contribution in [0.15, 0.2) is 0 Å². The molecule has 19 heteroatoms. The van der Waals surface area contributed by atoms with Crippen molar-refractivity contribution in [2.24, 2.45) is 5.73 Å². The molecule has 0 aromatic carbocycles. The molecule has 1 aliphatic carbocycles. The highest BCUT2D eigenvalue weighted by Gasteiger charge is 2.55. The van der Waals surface area contributed by atoms with Gasteiger partial charge in [-0.15, -0.1) is 0 Å². The smallest absolute Gasteiger partial charge is 0.462 e. The van der Waals surface area contributed by atoms with E-state index in [4.69, 9.17) is 33.7 Å². The highest BCUT2D eigenvalue weighted by atomic mass is 31.2. The molecule has 414 valence electrons. The van der Waals surface area contributed by atoms with E-state index in [0.717, 1.165) is 51.4 Å². The summed E-state index contributed by atoms with van der Waals surface area (Å²) < 4.78 is 45.9. The summed E-state index contributed by atoms with van der Waals surface area (Å²) in [6.45, 7) is 2.36. The highest BCUT2D eigenvalue weighted by molar-refractivity contribution is 7.47. The standard InChI is InChI=1S/C51H98NO17P/c1-3-5-7-9-11-13-15-17-19-21-23-25-27-29-31-33-40(54)64-36-38(66-41(55)34-32-30-28-26-24-22-20-18-16-14-12-10-8-6-4-2)37-65-70(62,63)69-50-48(61)46(59)45(58)47(60)49(50)68-51-42(52)44(57)43(56)39(35-53)67-51/h38-39,42-51,53,56-61H,3-37,52H2,1-2H3,(H,62,63)/t38-,39-,42-,43-,44-,45-,46-,47+,48-,49-,50-,51-/m1/s1. The zero-order valence-corrected chi connectivity index (χ0v) is 43.8. The van der Waals surface area contributed by atoms with Gasteiger partial charge < -0.3 is 65.3 Å². The second kappa shape index (κ2) is 39.1. The van der Waals surface area contributed by atoms with Crippen molar-refractivity contribution in [2.45, 2.75) is 293 Å². The third-order valence-electron chi connectivity index (χ3n) is 13.6. The molecule has 0 aromatic heterocycles. The number of aliphatic hydroxyl groups excluding tert-OH is 7. The van der Waals surface area contributed by atoms with Crippen LogP contribution in [0, 0.1) is 0 Å². The number of ether oxygens (including phenoxy) is 4. The maximum Gasteiger partial charge on any atom is 0.472 e. The number of rotatable bonds is 43. The number of nitrogens with two attached hydrogens (primary N) is 1. The predicted octanol–water partition coefficient (Wildman–Crippen LogP) is 7.08. The van der Waals surface area contributed by atoms with Crippen molar-refractivity contribution in [2.75, 3.05) is 19.8 Å². The summed E-state index contributed by atoms with van der Waals surface area (Å²) in [6, 6.07) is -1.52. The summed E-state index contributed by atoms with van der Waals surface area (Å²) in [4.78, 5) is 36.7. The van der Waals surface area contributed by atoms with Gasteiger partial charge in [0, 0.05) is 12.8 Å². The lowest BCUT2D eigenvalue weighted by molar-refractivity contribution is -0.315. The molecule has 0 aromatic rings. The van der Waals surface area contributed by atoms with Crippen LogP contribution < -0.4 is 5.73 Å². The molecule has 18 nitrogen and oxygen atoms in total. The Balaban J connectivity index is 1.91. The summed E-state index contributed by atoms with van der Waals surface area (Å²) in [5.41, 5.74) is 5.96. The Kier molecular flexibility index (Phi) is 36.2. The van der Waals surface area contributed by atoms with Crippen molar-refractivity contribution < 1.29 is 82.8 Å². The molecule has 2 rings (SSSR count). The SMILES string of the molecule is CCCCCCCCCCCCCCCCCC(=O)OC[C@H](COP(=O)(O)O[C@@H]1[C@H](O)[C@H](O)[C@@H](O)[C@H](O)[C@H]1O[C@H]1O[C@H](CO)[C@@H](O)[C@H](O)[C@H]1N)OC(=O)CCCCCCCCCCCCCCCCC. The fourth-order valence-electron chi connectivity index (χ4n) is 9.10. The summed E-state index contributed by atoms with van der Waals surface area (Å²) in [5.74, 6) is -1.18. The molecular formula is C51H98NO17P. The third-order valence-corrected chi connectivity index (χ3v) is 14.6. The van der Waals surface area contributed by atoms with Gasteiger partial charge in [-0.2, -0.15) is 0 Å². The van der Waals surface area contributed by atoms with Crippen LogP contribution in [0.2, 0.25) is 0 Å². The van der Waals surface area contributed by atoms with Gasteiger partial charge in [-0.05, 0) is 12.8 Å². The number of aliphatic hydroxyl groups is 7. The topological polar surface area (TPSA) is 294 Å². The summed E-state index contributed by atoms with van der Waals surface area (Å²) >= 11 is 0. The number of hydrogen-bond donors (Lipinski definition) is 9. The molecule has 2 aliphatic rings. The van der Waals surface area contributed by atoms with E-state index >= 15 is 0 Å². The van der Waals surface area contributed by atoms with Gasteiger partial charge in [-0.3, -0.25) is 18.6 Å². The largest absolute Gasteiger partial charge is 0.472 e. The molecule has 0 radical (unpaired) electrons. The second-order valence-electron chi connectivity index (χ2n) is 19.9. The molecule has 1 saturated heterocycles. The van der Waals surface area contributed by atoms with E-state index in [2.05, 4.69) is 13.8 Å². The van der Waals surface area contributed by atoms with Crippen LogP contribution >= 0.6 is 7.82 Å². The quantitative estimate of drug-likeness (QED) is 0.0168. The van der Waals surface area contributed by atoms with Crippen molar-refractivity contribution in [3.63, 3.8) is 0 Å². The minimum atomic E-state index is -5.34. The van der Waals surface area contributed by atoms with Crippen molar-refractivity contribution in [1.82, 2.24) is 0 Å². The number of hydrogen-bond acceptors (Lipinski definition) is 17. The fourth-order valence-corrected chi connectivity index (χ4v) is 10.1. The Bertz CT molecular complexity index is 1370. The first kappa shape index (κ1) is 64.8. The zero-order chi connectivity index (χ0) is 51.6. The van der Waals surface area contributed by atoms with Crippen molar-refractivity contribution >= 4 is 19.8 Å². The highest BCUT2D eigenvalue weighted by Crippen LogP contribution is 2.48. The minimum absolute atomic E-state index is 0.0503. The zero-order valence-electron chi connectivity index (χ0n) is 43.0. The molecule has 1 saturated carbocycles. The number of carbonyl (C=O) groups is 2. The monoisotopic (exact) mass is 1030 g/mol. The Hall–Kier alpha value is -1.35. The Morgan fingerprint density at radius 3 is 1.33 bits per heavy atom. The van der Waals surface area contributed by atoms with Crippen LogP contribution in [-0.2, 0) is 42.1 Å². The summed E-state index contributed by atoms with van der Waals surface area (Å²) in [5, 5.41) is 72.9. The number of phosphoric ester groups is 1. The number of unbranched alkanes of at least 4 members (excludes halogenated alkanes) is 28. The first-order valence-electron chi connectivity index (χ1n) is 27.4. The second-order valence-corrected chi connectivity index (χ2v) is 21.3. The summed E-state index contributed by atoms with van der Waals surface area (Å²) in [6.07, 6.45) is 14.8. The van der Waals surface area contributed by atoms with Crippen molar-refractivity contribution in [3.05, 3.63) is 0 Å². The Morgan fingerprint density at radius 1 is 0.529 bits per heavy atom. The first-order chi connectivity index (χ1) is 33.7. The molecule has 70 heavy (non-hydrogen) atoms. The molecule has 1 unspecified atom stereocenters. The average molecular weight is 1030 g/mol. The molecule has 1 heterocycles. The normalized spacial score (nSPS) is 27.3. The lowest BCUT2D eigenvalue weighted by Gasteiger charge is -2.47. The van der Waals surface area contributed by atoms with Crippen molar-refractivity contribution in [1.29, 1.82) is 0 Å². The van der Waals surface area contributed by atoms with Crippen LogP contribution in [0.3, 0.4) is 0 Å². The summed E-state index contributed by atoms with van der Waals surface area (Å²) in [7, 11) is -5.34. The minimum Gasteiger partial charge on any atom is -0.462 e. The van der Waals surface area contributed by atoms with Crippen LogP contribution in [0.1, 0.15) is 219 Å². The van der Waals surface area contributed by atoms with Gasteiger partial charge in [0.25, 0.3) is 0 Å². The van der Waals surface area contributed by atoms with Crippen LogP contribution in [0.5, 0.6) is 0 Å². The number of esters is 2. The van der Waals surface area contributed by atoms with E-state index in [9.17, 15) is 54.8 Å². The lowest BCUT2D eigenvalue weighted by Crippen LogP contribution is -2.68. The van der Waals surface area contributed by atoms with E-state index in [1.54, 1.807) is 0 Å². The molecule has 13 atom stereocenters. The number of phosphoric acid groups is 1. The van der Waals surface area contributed by atoms with E-state index in [1.165, 1.54) is 128 Å². The molecule has 0 amide bonds. The molecule has 0 spiro atoms. The number of carbonyl (C=O) groups excluding carboxylic acids is 2. The van der Waals surface area contributed by atoms with E-state index < -0.39 is 113 Å². The van der Waals surface area contributed by atoms with Crippen LogP contribution in [0.25, 0.3) is 0 Å². The molecule has 2 fully saturated rings. The average Bonchev–Trinajstić information content (AvgIpc) is 3.34. The maximum atomic E-state index is 13.5. The molecule has 1 aliphatic heterocycles. The van der Waals surface area contributed by atoms with Crippen LogP contribution in [-0.4, -0.2) is 146 Å². The van der Waals surface area contributed by atoms with Gasteiger partial charge in [-0.1, -0.05) is 194 Å². The van der Waals surface area contributed by atoms with E-state index in [0.29, 0.717) is 12.8 Å². The van der Waals surface area contributed by atoms with Crippen molar-refractivity contribution in [3.8, 4) is 0 Å². The van der Waals surface area contributed by atoms with Gasteiger partial charge in [0.05, 0.1) is 19.3 Å². The maximum absolute atomic E-state index is 13.5. The lowest BCUT2D eigenvalue weighted by atomic mass is 9.84. The van der Waals surface area contributed by atoms with Gasteiger partial charge in [0.15, 0.2) is 12.4 Å². The third kappa shape index (κ3) is 27.3. The molecular weight excluding hydrogens is 930 g/mol. The van der Waals surface area contributed by atoms with E-state index in [-0.39, 0.29) is 12.8 Å². The molecule has 10 N–H and O–H groups in total. The van der Waals surface area contributed by atoms with Gasteiger partial charge in [0.1, 0.15) is 61.5 Å². The van der Waals surface area contributed by atoms with Gasteiger partial charge in [0.2, 0.25) is 0 Å². The van der Waals surface area contributed by atoms with Gasteiger partial charge >= 0.3 is 19.8 Å². The Morgan fingerprint density at radius 2 is 0.914 bits per heavy atom. The Labute approximate surface area is 419 Å². The fraction of sp³-hybridized carbons (Fsp3) is 0.961. The van der Waals surface area contributed by atoms with Gasteiger partial charge in [-0.25, -0.2) is 4.57 Å². The first-order valence-corrected chi connectivity index (χ1v) is 28.9. The predicted molar refractivity (Wildman–Crippen MR) is 265 cm³/mol. The van der Waals surface area contributed by atoms with Crippen LogP contribution in [0.4, 0.5) is 0 Å².